The van der Waals surface area contributed by atoms with Crippen LogP contribution in [0.15, 0.2) is 36.4 Å². The van der Waals surface area contributed by atoms with E-state index in [4.69, 9.17) is 22.1 Å². The Morgan fingerprint density at radius 1 is 1.26 bits per heavy atom. The van der Waals surface area contributed by atoms with Crippen molar-refractivity contribution in [3.8, 4) is 16.9 Å². The third-order valence-corrected chi connectivity index (χ3v) is 3.91. The zero-order valence-electron chi connectivity index (χ0n) is 10.8. The summed E-state index contributed by atoms with van der Waals surface area (Å²) in [7, 11) is 0. The van der Waals surface area contributed by atoms with Crippen LogP contribution in [0.2, 0.25) is 5.02 Å². The molecule has 1 unspecified atom stereocenters. The van der Waals surface area contributed by atoms with Gasteiger partial charge in [-0.3, -0.25) is 0 Å². The van der Waals surface area contributed by atoms with Crippen LogP contribution in [0.25, 0.3) is 11.1 Å². The largest absolute Gasteiger partial charge is 0.488 e. The van der Waals surface area contributed by atoms with E-state index in [2.05, 4.69) is 19.1 Å². The van der Waals surface area contributed by atoms with Crippen molar-refractivity contribution in [2.75, 3.05) is 6.54 Å². The predicted octanol–water partition coefficient (Wildman–Crippen LogP) is 3.58. The number of hydrogen-bond donors (Lipinski definition) is 1. The molecular formula is C16H16ClNO. The number of aryl methyl sites for hydroxylation is 1. The summed E-state index contributed by atoms with van der Waals surface area (Å²) in [6, 6.07) is 12.2. The van der Waals surface area contributed by atoms with E-state index in [9.17, 15) is 0 Å². The first-order valence-corrected chi connectivity index (χ1v) is 6.82. The van der Waals surface area contributed by atoms with Crippen molar-refractivity contribution < 1.29 is 4.74 Å². The molecule has 2 nitrogen and oxygen atoms in total. The molecule has 3 rings (SSSR count). The Kier molecular flexibility index (Phi) is 3.21. The third kappa shape index (κ3) is 2.11. The molecule has 0 spiro atoms. The van der Waals surface area contributed by atoms with Gasteiger partial charge in [0.1, 0.15) is 11.9 Å². The smallest absolute Gasteiger partial charge is 0.132 e. The summed E-state index contributed by atoms with van der Waals surface area (Å²) in [6.07, 6.45) is 0.929. The van der Waals surface area contributed by atoms with Crippen LogP contribution in [0.4, 0.5) is 0 Å². The number of hydrogen-bond acceptors (Lipinski definition) is 2. The number of nitrogens with two attached hydrogens (primary N) is 1. The third-order valence-electron chi connectivity index (χ3n) is 3.60. The molecule has 1 aliphatic heterocycles. The van der Waals surface area contributed by atoms with Gasteiger partial charge < -0.3 is 10.5 Å². The lowest BCUT2D eigenvalue weighted by atomic mass is 9.97. The maximum atomic E-state index is 6.39. The average molecular weight is 274 g/mol. The number of halogens is 1. The van der Waals surface area contributed by atoms with Crippen LogP contribution in [-0.2, 0) is 6.42 Å². The fourth-order valence-corrected chi connectivity index (χ4v) is 2.84. The Morgan fingerprint density at radius 2 is 2.05 bits per heavy atom. The Morgan fingerprint density at radius 3 is 2.79 bits per heavy atom. The van der Waals surface area contributed by atoms with E-state index in [0.29, 0.717) is 6.54 Å². The molecule has 2 N–H and O–H groups in total. The van der Waals surface area contributed by atoms with Crippen molar-refractivity contribution in [3.63, 3.8) is 0 Å². The minimum Gasteiger partial charge on any atom is -0.488 e. The van der Waals surface area contributed by atoms with Gasteiger partial charge in [0.25, 0.3) is 0 Å². The van der Waals surface area contributed by atoms with E-state index < -0.39 is 0 Å². The molecule has 0 saturated carbocycles. The van der Waals surface area contributed by atoms with Gasteiger partial charge in [-0.05, 0) is 29.7 Å². The van der Waals surface area contributed by atoms with Crippen LogP contribution in [0.3, 0.4) is 0 Å². The molecule has 0 fully saturated rings. The molecule has 98 valence electrons. The Bertz CT molecular complexity index is 624. The Balaban J connectivity index is 2.18. The van der Waals surface area contributed by atoms with Crippen LogP contribution < -0.4 is 10.5 Å². The highest BCUT2D eigenvalue weighted by molar-refractivity contribution is 6.33. The molecule has 3 heteroatoms. The van der Waals surface area contributed by atoms with Crippen molar-refractivity contribution in [2.24, 2.45) is 5.73 Å². The van der Waals surface area contributed by atoms with E-state index >= 15 is 0 Å². The maximum Gasteiger partial charge on any atom is 0.132 e. The molecule has 0 radical (unpaired) electrons. The van der Waals surface area contributed by atoms with Gasteiger partial charge >= 0.3 is 0 Å². The van der Waals surface area contributed by atoms with Crippen LogP contribution in [0.1, 0.15) is 11.1 Å². The second-order valence-corrected chi connectivity index (χ2v) is 5.31. The van der Waals surface area contributed by atoms with Crippen LogP contribution in [-0.4, -0.2) is 12.6 Å². The molecular weight excluding hydrogens is 258 g/mol. The molecule has 0 aliphatic carbocycles. The van der Waals surface area contributed by atoms with Gasteiger partial charge in [0.05, 0.1) is 5.02 Å². The lowest BCUT2D eigenvalue weighted by Gasteiger charge is -2.14. The molecule has 2 aromatic carbocycles. The Labute approximate surface area is 118 Å². The van der Waals surface area contributed by atoms with Crippen LogP contribution >= 0.6 is 11.6 Å². The van der Waals surface area contributed by atoms with E-state index in [0.717, 1.165) is 28.3 Å². The normalized spacial score (nSPS) is 17.1. The second-order valence-electron chi connectivity index (χ2n) is 4.91. The molecule has 2 aromatic rings. The van der Waals surface area contributed by atoms with E-state index in [1.807, 2.05) is 24.3 Å². The molecule has 0 bridgehead atoms. The van der Waals surface area contributed by atoms with Crippen molar-refractivity contribution in [3.05, 3.63) is 52.5 Å². The van der Waals surface area contributed by atoms with Gasteiger partial charge in [0, 0.05) is 18.5 Å². The summed E-state index contributed by atoms with van der Waals surface area (Å²) in [5.74, 6) is 0.900. The monoisotopic (exact) mass is 273 g/mol. The summed E-state index contributed by atoms with van der Waals surface area (Å²) in [4.78, 5) is 0. The summed E-state index contributed by atoms with van der Waals surface area (Å²) in [6.45, 7) is 2.61. The maximum absolute atomic E-state index is 6.39. The van der Waals surface area contributed by atoms with Crippen LogP contribution in [0, 0.1) is 6.92 Å². The van der Waals surface area contributed by atoms with Gasteiger partial charge in [-0.1, -0.05) is 41.9 Å². The van der Waals surface area contributed by atoms with Gasteiger partial charge in [-0.2, -0.15) is 0 Å². The SMILES string of the molecule is Cc1ccccc1-c1c(Cl)ccc2c1OC(CN)C2. The molecule has 0 amide bonds. The van der Waals surface area contributed by atoms with Gasteiger partial charge in [0.2, 0.25) is 0 Å². The number of benzene rings is 2. The number of ether oxygens (including phenoxy) is 1. The minimum atomic E-state index is 0.0660. The first-order valence-electron chi connectivity index (χ1n) is 6.45. The lowest BCUT2D eigenvalue weighted by molar-refractivity contribution is 0.242. The fourth-order valence-electron chi connectivity index (χ4n) is 2.59. The number of fused-ring (bicyclic) bond motifs is 1. The standard InChI is InChI=1S/C16H16ClNO/c1-10-4-2-3-5-13(10)15-14(17)7-6-11-8-12(9-18)19-16(11)15/h2-7,12H,8-9,18H2,1H3. The summed E-state index contributed by atoms with van der Waals surface area (Å²) in [5, 5.41) is 0.728. The predicted molar refractivity (Wildman–Crippen MR) is 78.8 cm³/mol. The molecule has 1 aliphatic rings. The minimum absolute atomic E-state index is 0.0660. The van der Waals surface area contributed by atoms with Crippen LogP contribution in [0.5, 0.6) is 5.75 Å². The molecule has 1 heterocycles. The summed E-state index contributed by atoms with van der Waals surface area (Å²) in [5.41, 5.74) is 10.2. The zero-order valence-corrected chi connectivity index (χ0v) is 11.6. The van der Waals surface area contributed by atoms with Gasteiger partial charge in [-0.25, -0.2) is 0 Å². The zero-order chi connectivity index (χ0) is 13.4. The molecule has 1 atom stereocenters. The lowest BCUT2D eigenvalue weighted by Crippen LogP contribution is -2.24. The second kappa shape index (κ2) is 4.87. The van der Waals surface area contributed by atoms with Crippen molar-refractivity contribution in [1.29, 1.82) is 0 Å². The highest BCUT2D eigenvalue weighted by Crippen LogP contribution is 2.44. The molecule has 0 saturated heterocycles. The first-order chi connectivity index (χ1) is 9.20. The van der Waals surface area contributed by atoms with E-state index in [1.54, 1.807) is 0 Å². The van der Waals surface area contributed by atoms with Crippen molar-refractivity contribution in [2.45, 2.75) is 19.4 Å². The van der Waals surface area contributed by atoms with E-state index in [-0.39, 0.29) is 6.10 Å². The first kappa shape index (κ1) is 12.5. The van der Waals surface area contributed by atoms with Gasteiger partial charge in [0.15, 0.2) is 0 Å². The highest BCUT2D eigenvalue weighted by Gasteiger charge is 2.26. The quantitative estimate of drug-likeness (QED) is 0.908. The summed E-state index contributed by atoms with van der Waals surface area (Å²) < 4.78 is 5.97. The molecule has 0 aromatic heterocycles. The summed E-state index contributed by atoms with van der Waals surface area (Å²) >= 11 is 6.39. The highest BCUT2D eigenvalue weighted by atomic mass is 35.5. The molecule has 19 heavy (non-hydrogen) atoms. The number of rotatable bonds is 2. The fraction of sp³-hybridized carbons (Fsp3) is 0.250. The Hall–Kier alpha value is -1.51. The topological polar surface area (TPSA) is 35.2 Å². The van der Waals surface area contributed by atoms with Crippen molar-refractivity contribution in [1.82, 2.24) is 0 Å². The average Bonchev–Trinajstić information content (AvgIpc) is 2.83. The van der Waals surface area contributed by atoms with Gasteiger partial charge in [-0.15, -0.1) is 0 Å². The van der Waals surface area contributed by atoms with E-state index in [1.165, 1.54) is 11.1 Å². The van der Waals surface area contributed by atoms with Crippen molar-refractivity contribution >= 4 is 11.6 Å².